The molecule has 12 nitrogen and oxygen atoms in total. The van der Waals surface area contributed by atoms with Gasteiger partial charge >= 0.3 is 0 Å². The number of aliphatic hydroxyl groups excluding tert-OH is 1. The van der Waals surface area contributed by atoms with Gasteiger partial charge in [-0.2, -0.15) is 10.2 Å². The molecule has 0 aliphatic carbocycles. The summed E-state index contributed by atoms with van der Waals surface area (Å²) in [6, 6.07) is 1.59. The van der Waals surface area contributed by atoms with E-state index in [1.165, 1.54) is 21.6 Å². The Labute approximate surface area is 197 Å². The van der Waals surface area contributed by atoms with E-state index >= 15 is 0 Å². The fourth-order valence-electron chi connectivity index (χ4n) is 4.69. The minimum atomic E-state index is -2.91. The van der Waals surface area contributed by atoms with E-state index in [-0.39, 0.29) is 43.2 Å². The molecule has 0 aromatic carbocycles. The Balaban J connectivity index is 1.24. The molecule has 0 saturated carbocycles. The van der Waals surface area contributed by atoms with E-state index in [1.807, 2.05) is 6.07 Å². The van der Waals surface area contributed by atoms with Gasteiger partial charge in [-0.3, -0.25) is 9.48 Å². The Morgan fingerprint density at radius 2 is 2.03 bits per heavy atom. The number of alkyl halides is 2. The van der Waals surface area contributed by atoms with Gasteiger partial charge in [0.25, 0.3) is 12.3 Å². The van der Waals surface area contributed by atoms with E-state index < -0.39 is 30.4 Å². The predicted molar refractivity (Wildman–Crippen MR) is 115 cm³/mol. The second kappa shape index (κ2) is 8.78. The summed E-state index contributed by atoms with van der Waals surface area (Å²) in [5, 5.41) is 19.8. The molecule has 186 valence electrons. The van der Waals surface area contributed by atoms with Gasteiger partial charge in [-0.1, -0.05) is 0 Å². The highest BCUT2D eigenvalue weighted by atomic mass is 19.3. The summed E-state index contributed by atoms with van der Waals surface area (Å²) in [5.74, 6) is 0.0799. The van der Waals surface area contributed by atoms with Crippen LogP contribution < -0.4 is 10.2 Å². The van der Waals surface area contributed by atoms with Gasteiger partial charge in [-0.25, -0.2) is 18.3 Å². The molecule has 0 spiro atoms. The van der Waals surface area contributed by atoms with Crippen molar-refractivity contribution < 1.29 is 32.9 Å². The third kappa shape index (κ3) is 4.01. The molecular weight excluding hydrogens is 468 g/mol. The predicted octanol–water partition coefficient (Wildman–Crippen LogP) is 0.999. The van der Waals surface area contributed by atoms with Gasteiger partial charge in [0.15, 0.2) is 17.6 Å². The molecule has 2 atom stereocenters. The highest BCUT2D eigenvalue weighted by Crippen LogP contribution is 2.32. The van der Waals surface area contributed by atoms with Gasteiger partial charge in [0.05, 0.1) is 56.5 Å². The maximum absolute atomic E-state index is 13.7. The number of hydrogen-bond acceptors (Lipinski definition) is 9. The summed E-state index contributed by atoms with van der Waals surface area (Å²) < 4.78 is 46.4. The first-order chi connectivity index (χ1) is 17.0. The topological polar surface area (TPSA) is 128 Å². The van der Waals surface area contributed by atoms with Gasteiger partial charge in [-0.05, 0) is 12.5 Å². The fraction of sp³-hybridized carbons (Fsp3) is 0.524. The van der Waals surface area contributed by atoms with E-state index in [1.54, 1.807) is 6.20 Å². The number of nitrogens with one attached hydrogen (secondary N) is 1. The SMILES string of the molecule is O=C(Nc1cn(C2COC(CO)OC2)nc1C(F)F)c1cnn2ccc(N3C[C@H]4C[C@@H]3CO4)nc12. The Bertz CT molecular complexity index is 1240. The van der Waals surface area contributed by atoms with Crippen LogP contribution in [0.5, 0.6) is 0 Å². The molecule has 3 fully saturated rings. The molecular formula is C21H23F2N7O5. The minimum Gasteiger partial charge on any atom is -0.391 e. The van der Waals surface area contributed by atoms with Crippen molar-refractivity contribution in [1.29, 1.82) is 0 Å². The lowest BCUT2D eigenvalue weighted by Gasteiger charge is -2.28. The molecule has 3 saturated heterocycles. The number of nitrogens with zero attached hydrogens (tertiary/aromatic N) is 6. The Hall–Kier alpha value is -3.20. The summed E-state index contributed by atoms with van der Waals surface area (Å²) in [6.07, 6.45) is 1.84. The van der Waals surface area contributed by atoms with Crippen molar-refractivity contribution in [2.45, 2.75) is 37.3 Å². The van der Waals surface area contributed by atoms with Gasteiger partial charge < -0.3 is 29.5 Å². The third-order valence-electron chi connectivity index (χ3n) is 6.48. The maximum atomic E-state index is 13.7. The van der Waals surface area contributed by atoms with Gasteiger partial charge in [0.1, 0.15) is 11.4 Å². The van der Waals surface area contributed by atoms with Crippen molar-refractivity contribution in [2.24, 2.45) is 0 Å². The molecule has 6 heterocycles. The number of carbonyl (C=O) groups excluding carboxylic acids is 1. The van der Waals surface area contributed by atoms with Crippen LogP contribution in [0.1, 0.15) is 34.9 Å². The zero-order valence-electron chi connectivity index (χ0n) is 18.5. The number of morpholine rings is 1. The van der Waals surface area contributed by atoms with E-state index in [9.17, 15) is 13.6 Å². The van der Waals surface area contributed by atoms with Crippen molar-refractivity contribution in [2.75, 3.05) is 43.2 Å². The van der Waals surface area contributed by atoms with Crippen LogP contribution >= 0.6 is 0 Å². The van der Waals surface area contributed by atoms with Crippen LogP contribution in [-0.2, 0) is 14.2 Å². The summed E-state index contributed by atoms with van der Waals surface area (Å²) in [7, 11) is 0. The lowest BCUT2D eigenvalue weighted by Crippen LogP contribution is -2.37. The molecule has 3 aliphatic rings. The lowest BCUT2D eigenvalue weighted by molar-refractivity contribution is -0.212. The van der Waals surface area contributed by atoms with E-state index in [2.05, 4.69) is 25.4 Å². The van der Waals surface area contributed by atoms with Crippen LogP contribution in [-0.4, -0.2) is 86.8 Å². The van der Waals surface area contributed by atoms with Crippen LogP contribution in [0.25, 0.3) is 5.65 Å². The average Bonchev–Trinajstić information content (AvgIpc) is 3.66. The number of amides is 1. The number of aliphatic hydroxyl groups is 1. The second-order valence-corrected chi connectivity index (χ2v) is 8.70. The number of rotatable bonds is 6. The first-order valence-corrected chi connectivity index (χ1v) is 11.3. The van der Waals surface area contributed by atoms with Crippen LogP contribution in [0.15, 0.2) is 24.7 Å². The number of hydrogen-bond donors (Lipinski definition) is 2. The average molecular weight is 491 g/mol. The molecule has 3 aromatic rings. The van der Waals surface area contributed by atoms with Crippen molar-refractivity contribution in [1.82, 2.24) is 24.4 Å². The standard InChI is InChI=1S/C21H23F2N7O5/c22-19(23)18-15(6-30(27-18)12-9-34-17(7-31)35-10-12)25-21(32)14-4-24-29-2-1-16(26-20(14)29)28-5-13-3-11(28)8-33-13/h1-2,4,6,11-13,17,19,31H,3,5,7-10H2,(H,25,32)/t11-,12?,13-,17?/m1/s1. The summed E-state index contributed by atoms with van der Waals surface area (Å²) in [6.45, 7) is 1.30. The summed E-state index contributed by atoms with van der Waals surface area (Å²) in [5.41, 5.74) is -0.228. The minimum absolute atomic E-state index is 0.118. The molecule has 35 heavy (non-hydrogen) atoms. The molecule has 3 aliphatic heterocycles. The molecule has 3 aromatic heterocycles. The monoisotopic (exact) mass is 491 g/mol. The summed E-state index contributed by atoms with van der Waals surface area (Å²) >= 11 is 0. The molecule has 1 amide bonds. The molecule has 2 bridgehead atoms. The second-order valence-electron chi connectivity index (χ2n) is 8.70. The van der Waals surface area contributed by atoms with Crippen LogP contribution in [0.3, 0.4) is 0 Å². The zero-order valence-corrected chi connectivity index (χ0v) is 18.5. The van der Waals surface area contributed by atoms with E-state index in [0.29, 0.717) is 18.1 Å². The smallest absolute Gasteiger partial charge is 0.284 e. The van der Waals surface area contributed by atoms with Gasteiger partial charge in [0, 0.05) is 18.9 Å². The Morgan fingerprint density at radius 3 is 2.71 bits per heavy atom. The highest BCUT2D eigenvalue weighted by molar-refractivity contribution is 6.08. The number of anilines is 2. The zero-order chi connectivity index (χ0) is 24.1. The largest absolute Gasteiger partial charge is 0.391 e. The number of fused-ring (bicyclic) bond motifs is 3. The van der Waals surface area contributed by atoms with Crippen LogP contribution in [0.2, 0.25) is 0 Å². The van der Waals surface area contributed by atoms with Crippen LogP contribution in [0, 0.1) is 0 Å². The molecule has 0 unspecified atom stereocenters. The molecule has 0 radical (unpaired) electrons. The first-order valence-electron chi connectivity index (χ1n) is 11.3. The Morgan fingerprint density at radius 1 is 1.23 bits per heavy atom. The first kappa shape index (κ1) is 22.3. The van der Waals surface area contributed by atoms with Gasteiger partial charge in [0.2, 0.25) is 0 Å². The number of ether oxygens (including phenoxy) is 3. The van der Waals surface area contributed by atoms with E-state index in [0.717, 1.165) is 13.0 Å². The molecule has 14 heteroatoms. The number of carbonyl (C=O) groups is 1. The van der Waals surface area contributed by atoms with Crippen molar-refractivity contribution in [3.8, 4) is 0 Å². The normalized spacial score (nSPS) is 26.2. The maximum Gasteiger partial charge on any atom is 0.284 e. The lowest BCUT2D eigenvalue weighted by atomic mass is 10.2. The summed E-state index contributed by atoms with van der Waals surface area (Å²) in [4.78, 5) is 19.9. The van der Waals surface area contributed by atoms with Crippen molar-refractivity contribution in [3.63, 3.8) is 0 Å². The Kier molecular flexibility index (Phi) is 5.59. The van der Waals surface area contributed by atoms with Crippen LogP contribution in [0.4, 0.5) is 20.3 Å². The number of aromatic nitrogens is 5. The quantitative estimate of drug-likeness (QED) is 0.519. The van der Waals surface area contributed by atoms with Crippen molar-refractivity contribution in [3.05, 3.63) is 35.9 Å². The fourth-order valence-corrected chi connectivity index (χ4v) is 4.69. The van der Waals surface area contributed by atoms with Gasteiger partial charge in [-0.15, -0.1) is 0 Å². The van der Waals surface area contributed by atoms with E-state index in [4.69, 9.17) is 19.3 Å². The third-order valence-corrected chi connectivity index (χ3v) is 6.48. The molecule has 2 N–H and O–H groups in total. The highest BCUT2D eigenvalue weighted by Gasteiger charge is 2.39. The molecule has 6 rings (SSSR count). The number of halogens is 2. The van der Waals surface area contributed by atoms with Crippen molar-refractivity contribution >= 4 is 23.1 Å².